The molecule has 0 aromatic carbocycles. The van der Waals surface area contributed by atoms with E-state index in [0.29, 0.717) is 11.9 Å². The van der Waals surface area contributed by atoms with Gasteiger partial charge < -0.3 is 14.8 Å². The summed E-state index contributed by atoms with van der Waals surface area (Å²) in [6.07, 6.45) is 6.71. The molecule has 0 aliphatic carbocycles. The summed E-state index contributed by atoms with van der Waals surface area (Å²) in [5, 5.41) is 3.39. The van der Waals surface area contributed by atoms with Crippen LogP contribution in [0.3, 0.4) is 0 Å². The molecule has 2 rings (SSSR count). The second-order valence-electron chi connectivity index (χ2n) is 5.86. The number of piperidine rings is 1. The zero-order chi connectivity index (χ0) is 14.5. The monoisotopic (exact) mass is 278 g/mol. The number of rotatable bonds is 5. The lowest BCUT2D eigenvalue weighted by atomic mass is 9.92. The molecule has 0 saturated carbocycles. The van der Waals surface area contributed by atoms with Crippen LogP contribution < -0.4 is 5.32 Å². The molecule has 1 aromatic heterocycles. The molecule has 112 valence electrons. The Kier molecular flexibility index (Phi) is 5.17. The Hall–Kier alpha value is -1.36. The van der Waals surface area contributed by atoms with Crippen molar-refractivity contribution in [3.63, 3.8) is 0 Å². The van der Waals surface area contributed by atoms with E-state index < -0.39 is 0 Å². The van der Waals surface area contributed by atoms with Gasteiger partial charge in [0.15, 0.2) is 0 Å². The van der Waals surface area contributed by atoms with Gasteiger partial charge in [-0.3, -0.25) is 4.79 Å². The Morgan fingerprint density at radius 1 is 1.60 bits per heavy atom. The third-order valence-electron chi connectivity index (χ3n) is 4.17. The maximum atomic E-state index is 12.4. The van der Waals surface area contributed by atoms with Crippen LogP contribution in [-0.2, 0) is 11.3 Å². The van der Waals surface area contributed by atoms with E-state index in [4.69, 9.17) is 0 Å². The first-order chi connectivity index (χ1) is 9.58. The molecule has 2 heterocycles. The van der Waals surface area contributed by atoms with Gasteiger partial charge in [-0.15, -0.1) is 0 Å². The molecule has 0 unspecified atom stereocenters. The van der Waals surface area contributed by atoms with Gasteiger partial charge in [-0.05, 0) is 39.7 Å². The van der Waals surface area contributed by atoms with Crippen LogP contribution in [0.1, 0.15) is 32.0 Å². The molecule has 1 saturated heterocycles. The molecule has 0 bridgehead atoms. The molecule has 0 spiro atoms. The van der Waals surface area contributed by atoms with Crippen LogP contribution in [0, 0.1) is 12.8 Å². The topological polar surface area (TPSA) is 50.2 Å². The first-order valence-electron chi connectivity index (χ1n) is 7.54. The van der Waals surface area contributed by atoms with E-state index in [2.05, 4.69) is 21.8 Å². The standard InChI is InChI=1S/C15H26N4O/c1-12-11-14(5-6-16-12)15(20)18(3)8-4-9-19-10-7-17-13(19)2/h7,10,12,14,16H,4-6,8-9,11H2,1-3H3/t12-,14-/m0/s1. The summed E-state index contributed by atoms with van der Waals surface area (Å²) in [4.78, 5) is 18.5. The lowest BCUT2D eigenvalue weighted by molar-refractivity contribution is -0.135. The molecule has 2 atom stereocenters. The van der Waals surface area contributed by atoms with E-state index in [1.165, 1.54) is 0 Å². The van der Waals surface area contributed by atoms with E-state index in [1.54, 1.807) is 0 Å². The minimum absolute atomic E-state index is 0.200. The lowest BCUT2D eigenvalue weighted by Gasteiger charge is -2.30. The summed E-state index contributed by atoms with van der Waals surface area (Å²) in [7, 11) is 1.93. The summed E-state index contributed by atoms with van der Waals surface area (Å²) in [6.45, 7) is 6.85. The van der Waals surface area contributed by atoms with Crippen LogP contribution in [0.2, 0.25) is 0 Å². The smallest absolute Gasteiger partial charge is 0.225 e. The number of hydrogen-bond acceptors (Lipinski definition) is 3. The van der Waals surface area contributed by atoms with Crippen molar-refractivity contribution in [1.82, 2.24) is 19.8 Å². The van der Waals surface area contributed by atoms with Gasteiger partial charge in [0, 0.05) is 44.5 Å². The number of imidazole rings is 1. The minimum atomic E-state index is 0.200. The highest BCUT2D eigenvalue weighted by Crippen LogP contribution is 2.18. The van der Waals surface area contributed by atoms with Gasteiger partial charge >= 0.3 is 0 Å². The second-order valence-corrected chi connectivity index (χ2v) is 5.86. The van der Waals surface area contributed by atoms with Gasteiger partial charge in [0.25, 0.3) is 0 Å². The molecule has 1 aliphatic heterocycles. The maximum absolute atomic E-state index is 12.4. The number of carbonyl (C=O) groups is 1. The zero-order valence-corrected chi connectivity index (χ0v) is 12.8. The lowest BCUT2D eigenvalue weighted by Crippen LogP contribution is -2.43. The fourth-order valence-corrected chi connectivity index (χ4v) is 2.90. The molecule has 20 heavy (non-hydrogen) atoms. The van der Waals surface area contributed by atoms with Crippen LogP contribution in [0.5, 0.6) is 0 Å². The third-order valence-corrected chi connectivity index (χ3v) is 4.17. The van der Waals surface area contributed by atoms with E-state index in [0.717, 1.165) is 44.7 Å². The van der Waals surface area contributed by atoms with Crippen molar-refractivity contribution in [2.24, 2.45) is 5.92 Å². The van der Waals surface area contributed by atoms with E-state index in [1.807, 2.05) is 31.3 Å². The Morgan fingerprint density at radius 3 is 3.05 bits per heavy atom. The molecular formula is C15H26N4O. The third kappa shape index (κ3) is 3.82. The van der Waals surface area contributed by atoms with Crippen molar-refractivity contribution in [3.05, 3.63) is 18.2 Å². The van der Waals surface area contributed by atoms with Crippen LogP contribution >= 0.6 is 0 Å². The fourth-order valence-electron chi connectivity index (χ4n) is 2.90. The van der Waals surface area contributed by atoms with Crippen LogP contribution in [-0.4, -0.2) is 46.5 Å². The summed E-state index contributed by atoms with van der Waals surface area (Å²) in [6, 6.07) is 0.458. The molecule has 1 fully saturated rings. The number of nitrogens with one attached hydrogen (secondary N) is 1. The highest BCUT2D eigenvalue weighted by atomic mass is 16.2. The first kappa shape index (κ1) is 15.0. The molecule has 1 N–H and O–H groups in total. The van der Waals surface area contributed by atoms with Crippen LogP contribution in [0.4, 0.5) is 0 Å². The number of aromatic nitrogens is 2. The summed E-state index contributed by atoms with van der Waals surface area (Å²) < 4.78 is 2.13. The predicted molar refractivity (Wildman–Crippen MR) is 79.4 cm³/mol. The number of nitrogens with zero attached hydrogens (tertiary/aromatic N) is 3. The number of aryl methyl sites for hydroxylation is 2. The molecule has 1 aromatic rings. The predicted octanol–water partition coefficient (Wildman–Crippen LogP) is 1.43. The largest absolute Gasteiger partial charge is 0.345 e. The first-order valence-corrected chi connectivity index (χ1v) is 7.54. The van der Waals surface area contributed by atoms with Crippen molar-refractivity contribution < 1.29 is 4.79 Å². The Labute approximate surface area is 121 Å². The number of hydrogen-bond donors (Lipinski definition) is 1. The second kappa shape index (κ2) is 6.88. The Bertz CT molecular complexity index is 443. The molecular weight excluding hydrogens is 252 g/mol. The van der Waals surface area contributed by atoms with Crippen molar-refractivity contribution in [2.45, 2.75) is 45.7 Å². The Morgan fingerprint density at radius 2 is 2.40 bits per heavy atom. The average molecular weight is 278 g/mol. The zero-order valence-electron chi connectivity index (χ0n) is 12.8. The van der Waals surface area contributed by atoms with E-state index in [9.17, 15) is 4.79 Å². The highest BCUT2D eigenvalue weighted by Gasteiger charge is 2.26. The molecule has 5 nitrogen and oxygen atoms in total. The maximum Gasteiger partial charge on any atom is 0.225 e. The van der Waals surface area contributed by atoms with Crippen LogP contribution in [0.25, 0.3) is 0 Å². The van der Waals surface area contributed by atoms with Gasteiger partial charge in [0.05, 0.1) is 0 Å². The van der Waals surface area contributed by atoms with Gasteiger partial charge in [-0.25, -0.2) is 4.98 Å². The molecule has 5 heteroatoms. The molecule has 0 radical (unpaired) electrons. The van der Waals surface area contributed by atoms with E-state index >= 15 is 0 Å². The van der Waals surface area contributed by atoms with Gasteiger partial charge in [0.2, 0.25) is 5.91 Å². The van der Waals surface area contributed by atoms with Crippen molar-refractivity contribution in [2.75, 3.05) is 20.1 Å². The normalized spacial score (nSPS) is 22.8. The van der Waals surface area contributed by atoms with Gasteiger partial charge in [0.1, 0.15) is 5.82 Å². The number of amides is 1. The van der Waals surface area contributed by atoms with E-state index in [-0.39, 0.29) is 5.92 Å². The minimum Gasteiger partial charge on any atom is -0.345 e. The fraction of sp³-hybridized carbons (Fsp3) is 0.733. The SMILES string of the molecule is Cc1nccn1CCCN(C)C(=O)[C@H]1CCN[C@@H](C)C1. The van der Waals surface area contributed by atoms with Gasteiger partial charge in [-0.2, -0.15) is 0 Å². The average Bonchev–Trinajstić information content (AvgIpc) is 2.83. The Balaban J connectivity index is 1.75. The number of carbonyl (C=O) groups excluding carboxylic acids is 1. The van der Waals surface area contributed by atoms with Crippen LogP contribution in [0.15, 0.2) is 12.4 Å². The van der Waals surface area contributed by atoms with Crippen molar-refractivity contribution in [3.8, 4) is 0 Å². The summed E-state index contributed by atoms with van der Waals surface area (Å²) in [5.74, 6) is 1.54. The molecule has 1 amide bonds. The molecule has 1 aliphatic rings. The summed E-state index contributed by atoms with van der Waals surface area (Å²) >= 11 is 0. The van der Waals surface area contributed by atoms with Crippen molar-refractivity contribution >= 4 is 5.91 Å². The van der Waals surface area contributed by atoms with Crippen molar-refractivity contribution in [1.29, 1.82) is 0 Å². The highest BCUT2D eigenvalue weighted by molar-refractivity contribution is 5.78. The summed E-state index contributed by atoms with van der Waals surface area (Å²) in [5.41, 5.74) is 0. The quantitative estimate of drug-likeness (QED) is 0.886. The van der Waals surface area contributed by atoms with Gasteiger partial charge in [-0.1, -0.05) is 0 Å².